The Kier molecular flexibility index (Phi) is 7.49. The molecule has 0 bridgehead atoms. The monoisotopic (exact) mass is 526 g/mol. The van der Waals surface area contributed by atoms with Crippen LogP contribution in [-0.4, -0.2) is 63.2 Å². The molecule has 1 aromatic carbocycles. The number of halogens is 1. The lowest BCUT2D eigenvalue weighted by Gasteiger charge is -2.21. The summed E-state index contributed by atoms with van der Waals surface area (Å²) >= 11 is 0. The number of rotatable bonds is 10. The van der Waals surface area contributed by atoms with E-state index < -0.39 is 13.5 Å². The van der Waals surface area contributed by atoms with Gasteiger partial charge in [-0.15, -0.1) is 0 Å². The van der Waals surface area contributed by atoms with Crippen LogP contribution in [0.1, 0.15) is 24.2 Å². The van der Waals surface area contributed by atoms with Gasteiger partial charge in [0.15, 0.2) is 5.65 Å². The van der Waals surface area contributed by atoms with E-state index >= 15 is 0 Å². The summed E-state index contributed by atoms with van der Waals surface area (Å²) in [4.78, 5) is 22.7. The molecule has 0 radical (unpaired) electrons. The van der Waals surface area contributed by atoms with E-state index in [2.05, 4.69) is 35.0 Å². The zero-order valence-electron chi connectivity index (χ0n) is 22.3. The Bertz CT molecular complexity index is 1440. The highest BCUT2D eigenvalue weighted by atomic mass is 28.3. The van der Waals surface area contributed by atoms with Crippen molar-refractivity contribution in [2.45, 2.75) is 46.3 Å². The molecule has 3 heterocycles. The van der Waals surface area contributed by atoms with Gasteiger partial charge in [-0.2, -0.15) is 5.10 Å². The molecule has 4 rings (SSSR count). The van der Waals surface area contributed by atoms with E-state index in [0.717, 1.165) is 11.4 Å². The number of nitrogens with zero attached hydrogens (tertiary/aromatic N) is 5. The molecule has 3 aromatic heterocycles. The number of aliphatic hydroxyl groups is 1. The van der Waals surface area contributed by atoms with Gasteiger partial charge >= 0.3 is 0 Å². The minimum Gasteiger partial charge on any atom is -0.396 e. The van der Waals surface area contributed by atoms with Crippen molar-refractivity contribution in [1.82, 2.24) is 29.6 Å². The highest BCUT2D eigenvalue weighted by molar-refractivity contribution is 6.76. The maximum Gasteiger partial charge on any atom is 0.255 e. The summed E-state index contributed by atoms with van der Waals surface area (Å²) in [5.41, 5.74) is 2.51. The molecule has 198 valence electrons. The summed E-state index contributed by atoms with van der Waals surface area (Å²) < 4.78 is 23.1. The molecule has 4 aromatic rings. The van der Waals surface area contributed by atoms with E-state index in [0.29, 0.717) is 46.8 Å². The van der Waals surface area contributed by atoms with E-state index in [1.807, 2.05) is 13.8 Å². The fraction of sp³-hybridized carbons (Fsp3) is 0.462. The minimum atomic E-state index is -1.24. The maximum atomic E-state index is 13.8. The van der Waals surface area contributed by atoms with Gasteiger partial charge in [-0.3, -0.25) is 9.48 Å². The Morgan fingerprint density at radius 3 is 2.73 bits per heavy atom. The third-order valence-corrected chi connectivity index (χ3v) is 7.95. The van der Waals surface area contributed by atoms with Crippen molar-refractivity contribution in [3.63, 3.8) is 0 Å². The molecule has 0 aliphatic carbocycles. The highest BCUT2D eigenvalue weighted by Gasteiger charge is 2.23. The first-order valence-electron chi connectivity index (χ1n) is 12.3. The molecule has 0 saturated carbocycles. The maximum absolute atomic E-state index is 13.8. The van der Waals surface area contributed by atoms with E-state index in [4.69, 9.17) is 9.72 Å². The van der Waals surface area contributed by atoms with Gasteiger partial charge < -0.3 is 19.7 Å². The molecule has 0 fully saturated rings. The number of hydrogen-bond acceptors (Lipinski definition) is 6. The number of ether oxygens (including phenoxy) is 1. The molecule has 0 spiro atoms. The zero-order chi connectivity index (χ0) is 27.0. The number of aryl methyl sites for hydroxylation is 1. The van der Waals surface area contributed by atoms with Crippen LogP contribution in [0.5, 0.6) is 0 Å². The quantitative estimate of drug-likeness (QED) is 0.237. The standard InChI is InChI=1S/C26H35FN6O3Si/c1-26(2,15-34)14-29-25(35)19-13-33(16-36-9-10-37(4,5)6)24-23(19)30-20(12-28-24)22-18-8-7-17(27)11-21(18)32(3)31-22/h7-8,11-13,34H,9-10,14-16H2,1-6H3,(H,29,35). The van der Waals surface area contributed by atoms with Crippen LogP contribution in [0.15, 0.2) is 30.6 Å². The van der Waals surface area contributed by atoms with Gasteiger partial charge in [0.25, 0.3) is 5.91 Å². The Morgan fingerprint density at radius 1 is 1.27 bits per heavy atom. The molecular weight excluding hydrogens is 491 g/mol. The Labute approximate surface area is 216 Å². The van der Waals surface area contributed by atoms with Crippen LogP contribution in [0.25, 0.3) is 33.5 Å². The molecule has 1 amide bonds. The van der Waals surface area contributed by atoms with Crippen molar-refractivity contribution in [2.75, 3.05) is 19.8 Å². The van der Waals surface area contributed by atoms with Crippen LogP contribution in [0.3, 0.4) is 0 Å². The van der Waals surface area contributed by atoms with E-state index in [1.165, 1.54) is 12.1 Å². The van der Waals surface area contributed by atoms with Gasteiger partial charge in [0.2, 0.25) is 0 Å². The van der Waals surface area contributed by atoms with Gasteiger partial charge in [0.05, 0.1) is 17.3 Å². The molecule has 0 atom stereocenters. The molecular formula is C26H35FN6O3Si. The SMILES string of the molecule is Cn1nc(-c2cnc3c(n2)c(C(=O)NCC(C)(C)CO)cn3COCC[Si](C)(C)C)c2ccc(F)cc21. The summed E-state index contributed by atoms with van der Waals surface area (Å²) in [5.74, 6) is -0.661. The van der Waals surface area contributed by atoms with Crippen molar-refractivity contribution in [1.29, 1.82) is 0 Å². The lowest BCUT2D eigenvalue weighted by molar-refractivity contribution is 0.0883. The van der Waals surface area contributed by atoms with Crippen LogP contribution in [0.4, 0.5) is 4.39 Å². The minimum absolute atomic E-state index is 0.0583. The molecule has 11 heteroatoms. The first kappa shape index (κ1) is 26.9. The smallest absolute Gasteiger partial charge is 0.255 e. The molecule has 0 saturated heterocycles. The average molecular weight is 527 g/mol. The number of hydrogen-bond donors (Lipinski definition) is 2. The predicted molar refractivity (Wildman–Crippen MR) is 144 cm³/mol. The number of amides is 1. The van der Waals surface area contributed by atoms with Crippen molar-refractivity contribution in [3.8, 4) is 11.4 Å². The second-order valence-electron chi connectivity index (χ2n) is 11.4. The van der Waals surface area contributed by atoms with Crippen LogP contribution >= 0.6 is 0 Å². The van der Waals surface area contributed by atoms with E-state index in [9.17, 15) is 14.3 Å². The summed E-state index contributed by atoms with van der Waals surface area (Å²) in [5, 5.41) is 17.8. The van der Waals surface area contributed by atoms with Gasteiger partial charge in [0.1, 0.15) is 29.5 Å². The second kappa shape index (κ2) is 10.3. The van der Waals surface area contributed by atoms with Crippen LogP contribution < -0.4 is 5.32 Å². The number of benzene rings is 1. The van der Waals surface area contributed by atoms with Crippen molar-refractivity contribution < 1.29 is 19.0 Å². The number of carbonyl (C=O) groups excluding carboxylic acids is 1. The summed E-state index contributed by atoms with van der Waals surface area (Å²) in [6.45, 7) is 11.7. The number of aromatic nitrogens is 5. The normalized spacial score (nSPS) is 12.5. The first-order chi connectivity index (χ1) is 17.4. The third kappa shape index (κ3) is 6.05. The van der Waals surface area contributed by atoms with Gasteiger partial charge in [0, 0.05) is 51.9 Å². The third-order valence-electron chi connectivity index (χ3n) is 6.25. The number of carbonyl (C=O) groups is 1. The molecule has 37 heavy (non-hydrogen) atoms. The molecule has 2 N–H and O–H groups in total. The van der Waals surface area contributed by atoms with Crippen LogP contribution in [0.2, 0.25) is 25.7 Å². The summed E-state index contributed by atoms with van der Waals surface area (Å²) in [6, 6.07) is 5.50. The molecule has 9 nitrogen and oxygen atoms in total. The van der Waals surface area contributed by atoms with Crippen molar-refractivity contribution in [2.24, 2.45) is 12.5 Å². The fourth-order valence-electron chi connectivity index (χ4n) is 3.86. The van der Waals surface area contributed by atoms with Crippen molar-refractivity contribution in [3.05, 3.63) is 42.0 Å². The topological polar surface area (TPSA) is 107 Å². The lowest BCUT2D eigenvalue weighted by Crippen LogP contribution is -2.36. The Hall–Kier alpha value is -3.15. The van der Waals surface area contributed by atoms with E-state index in [-0.39, 0.29) is 25.1 Å². The number of nitrogens with one attached hydrogen (secondary N) is 1. The molecule has 0 unspecified atom stereocenters. The second-order valence-corrected chi connectivity index (χ2v) is 17.0. The van der Waals surface area contributed by atoms with Gasteiger partial charge in [-0.1, -0.05) is 33.5 Å². The Morgan fingerprint density at radius 2 is 2.03 bits per heavy atom. The number of aliphatic hydroxyl groups excluding tert-OH is 1. The lowest BCUT2D eigenvalue weighted by atomic mass is 9.95. The zero-order valence-corrected chi connectivity index (χ0v) is 23.3. The molecule has 0 aliphatic heterocycles. The molecule has 0 aliphatic rings. The summed E-state index contributed by atoms with van der Waals surface area (Å²) in [6.07, 6.45) is 3.32. The van der Waals surface area contributed by atoms with Crippen LogP contribution in [0, 0.1) is 11.2 Å². The number of fused-ring (bicyclic) bond motifs is 2. The van der Waals surface area contributed by atoms with Gasteiger partial charge in [-0.25, -0.2) is 14.4 Å². The van der Waals surface area contributed by atoms with E-state index in [1.54, 1.807) is 34.8 Å². The van der Waals surface area contributed by atoms with Gasteiger partial charge in [-0.05, 0) is 24.2 Å². The largest absolute Gasteiger partial charge is 0.396 e. The predicted octanol–water partition coefficient (Wildman–Crippen LogP) is 4.18. The first-order valence-corrected chi connectivity index (χ1v) is 16.0. The summed E-state index contributed by atoms with van der Waals surface area (Å²) in [7, 11) is 0.501. The highest BCUT2D eigenvalue weighted by Crippen LogP contribution is 2.29. The Balaban J connectivity index is 1.73. The fourth-order valence-corrected chi connectivity index (χ4v) is 4.62. The average Bonchev–Trinajstić information content (AvgIpc) is 3.37. The van der Waals surface area contributed by atoms with Crippen LogP contribution in [-0.2, 0) is 18.5 Å². The van der Waals surface area contributed by atoms with Crippen molar-refractivity contribution >= 4 is 36.0 Å².